The van der Waals surface area contributed by atoms with Crippen molar-refractivity contribution in [2.45, 2.75) is 43.5 Å². The van der Waals surface area contributed by atoms with E-state index in [1.54, 1.807) is 28.6 Å². The monoisotopic (exact) mass is 505 g/mol. The molecule has 2 aromatic rings. The predicted molar refractivity (Wildman–Crippen MR) is 131 cm³/mol. The molecule has 2 aliphatic heterocycles. The van der Waals surface area contributed by atoms with Crippen LogP contribution in [0.2, 0.25) is 0 Å². The Morgan fingerprint density at radius 1 is 1.03 bits per heavy atom. The van der Waals surface area contributed by atoms with Gasteiger partial charge in [-0.25, -0.2) is 21.1 Å². The molecule has 0 bridgehead atoms. The number of carbonyl (C=O) groups is 1. The van der Waals surface area contributed by atoms with Crippen LogP contribution in [-0.2, 0) is 20.0 Å². The third-order valence-corrected chi connectivity index (χ3v) is 10.4. The second kappa shape index (κ2) is 9.77. The maximum absolute atomic E-state index is 13.4. The van der Waals surface area contributed by atoms with E-state index in [0.29, 0.717) is 31.5 Å². The number of sulfonamides is 2. The van der Waals surface area contributed by atoms with Gasteiger partial charge in [0.1, 0.15) is 5.25 Å². The Kier molecular flexibility index (Phi) is 7.14. The van der Waals surface area contributed by atoms with Crippen molar-refractivity contribution >= 4 is 26.0 Å². The summed E-state index contributed by atoms with van der Waals surface area (Å²) in [7, 11) is -6.79. The normalized spacial score (nSPS) is 24.5. The van der Waals surface area contributed by atoms with Crippen LogP contribution in [0.25, 0.3) is 0 Å². The summed E-state index contributed by atoms with van der Waals surface area (Å²) < 4.78 is 53.1. The van der Waals surface area contributed by atoms with Crippen molar-refractivity contribution in [3.8, 4) is 0 Å². The largest absolute Gasteiger partial charge is 0.348 e. The molecule has 0 radical (unpaired) electrons. The van der Waals surface area contributed by atoms with Gasteiger partial charge in [-0.05, 0) is 49.4 Å². The van der Waals surface area contributed by atoms with Crippen LogP contribution in [0, 0.1) is 0 Å². The molecule has 1 amide bonds. The first-order valence-electron chi connectivity index (χ1n) is 11.5. The second-order valence-electron chi connectivity index (χ2n) is 9.08. The maximum Gasteiger partial charge on any atom is 0.251 e. The average Bonchev–Trinajstić information content (AvgIpc) is 3.28. The molecular formula is C24H31N3O5S2. The summed E-state index contributed by atoms with van der Waals surface area (Å²) in [6, 6.07) is 15.7. The van der Waals surface area contributed by atoms with Crippen molar-refractivity contribution in [3.63, 3.8) is 0 Å². The Balaban J connectivity index is 1.44. The fourth-order valence-corrected chi connectivity index (χ4v) is 7.91. The van der Waals surface area contributed by atoms with Crippen molar-refractivity contribution < 1.29 is 21.6 Å². The van der Waals surface area contributed by atoms with E-state index < -0.39 is 25.3 Å². The highest BCUT2D eigenvalue weighted by Gasteiger charge is 2.39. The molecule has 2 aliphatic rings. The van der Waals surface area contributed by atoms with Gasteiger partial charge in [0.05, 0.1) is 6.26 Å². The van der Waals surface area contributed by atoms with Gasteiger partial charge in [-0.15, -0.1) is 0 Å². The number of benzene rings is 2. The highest BCUT2D eigenvalue weighted by Crippen LogP contribution is 2.38. The zero-order chi connectivity index (χ0) is 24.5. The van der Waals surface area contributed by atoms with Crippen LogP contribution in [0.4, 0.5) is 0 Å². The third-order valence-electron chi connectivity index (χ3n) is 6.75. The van der Waals surface area contributed by atoms with E-state index in [9.17, 15) is 21.6 Å². The molecule has 8 nitrogen and oxygen atoms in total. The molecule has 184 valence electrons. The van der Waals surface area contributed by atoms with Crippen molar-refractivity contribution in [1.29, 1.82) is 0 Å². The molecule has 0 aromatic heterocycles. The predicted octanol–water partition coefficient (Wildman–Crippen LogP) is 2.68. The Morgan fingerprint density at radius 2 is 1.71 bits per heavy atom. The molecule has 0 spiro atoms. The number of hydrogen-bond acceptors (Lipinski definition) is 5. The summed E-state index contributed by atoms with van der Waals surface area (Å²) in [5, 5.41) is 2.35. The van der Waals surface area contributed by atoms with Crippen molar-refractivity contribution in [2.24, 2.45) is 0 Å². The molecule has 2 fully saturated rings. The first-order chi connectivity index (χ1) is 16.1. The number of amides is 1. The van der Waals surface area contributed by atoms with Crippen LogP contribution in [0.3, 0.4) is 0 Å². The van der Waals surface area contributed by atoms with Crippen molar-refractivity contribution in [2.75, 3.05) is 25.9 Å². The van der Waals surface area contributed by atoms with Crippen molar-refractivity contribution in [3.05, 3.63) is 71.3 Å². The van der Waals surface area contributed by atoms with Gasteiger partial charge < -0.3 is 5.32 Å². The van der Waals surface area contributed by atoms with Crippen molar-refractivity contribution in [1.82, 2.24) is 13.9 Å². The van der Waals surface area contributed by atoms with Gasteiger partial charge in [0, 0.05) is 37.3 Å². The molecule has 34 heavy (non-hydrogen) atoms. The first kappa shape index (κ1) is 24.8. The fraction of sp³-hybridized carbons (Fsp3) is 0.458. The van der Waals surface area contributed by atoms with Gasteiger partial charge in [0.15, 0.2) is 0 Å². The van der Waals surface area contributed by atoms with Crippen LogP contribution in [0.15, 0.2) is 54.6 Å². The zero-order valence-electron chi connectivity index (χ0n) is 19.4. The molecule has 0 saturated carbocycles. The Morgan fingerprint density at radius 3 is 2.32 bits per heavy atom. The minimum absolute atomic E-state index is 0.228. The van der Waals surface area contributed by atoms with Crippen LogP contribution < -0.4 is 5.32 Å². The van der Waals surface area contributed by atoms with Gasteiger partial charge in [0.2, 0.25) is 20.0 Å². The summed E-state index contributed by atoms with van der Waals surface area (Å²) in [6.07, 6.45) is 3.13. The summed E-state index contributed by atoms with van der Waals surface area (Å²) in [5.74, 6) is -0.269. The molecule has 2 unspecified atom stereocenters. The van der Waals surface area contributed by atoms with Gasteiger partial charge in [0.25, 0.3) is 5.91 Å². The Hall–Kier alpha value is -2.27. The highest BCUT2D eigenvalue weighted by molar-refractivity contribution is 7.89. The van der Waals surface area contributed by atoms with Crippen LogP contribution in [0.5, 0.6) is 0 Å². The third kappa shape index (κ3) is 5.19. The molecule has 4 rings (SSSR count). The number of nitrogens with one attached hydrogen (secondary N) is 1. The van der Waals surface area contributed by atoms with Gasteiger partial charge in [-0.2, -0.15) is 4.31 Å². The van der Waals surface area contributed by atoms with Crippen LogP contribution >= 0.6 is 0 Å². The molecule has 2 heterocycles. The van der Waals surface area contributed by atoms with E-state index in [4.69, 9.17) is 0 Å². The standard InChI is InChI=1S/C24H31N3O5S2/c1-18(27-15-6-9-23(34(27,31)32)20-7-4-3-5-8-20)19-10-12-21(13-11-19)24(28)25-22-14-16-26(17-22)33(2,29)30/h3-5,7-8,10-13,18,22-23H,6,9,14-17H2,1-2H3,(H,25,28)/t18?,22-,23?/m1/s1. The summed E-state index contributed by atoms with van der Waals surface area (Å²) >= 11 is 0. The van der Waals surface area contributed by atoms with E-state index in [2.05, 4.69) is 5.32 Å². The Labute approximate surface area is 202 Å². The first-order valence-corrected chi connectivity index (χ1v) is 14.8. The topological polar surface area (TPSA) is 104 Å². The lowest BCUT2D eigenvalue weighted by molar-refractivity contribution is 0.0939. The average molecular weight is 506 g/mol. The molecule has 0 aliphatic carbocycles. The fourth-order valence-electron chi connectivity index (χ4n) is 4.79. The number of carbonyl (C=O) groups excluding carboxylic acids is 1. The SMILES string of the molecule is CC(c1ccc(C(=O)N[C@@H]2CCN(S(C)(=O)=O)C2)cc1)N1CCCC(c2ccccc2)S1(=O)=O. The van der Waals surface area contributed by atoms with Crippen LogP contribution in [-0.4, -0.2) is 63.3 Å². The van der Waals surface area contributed by atoms with E-state index in [-0.39, 0.29) is 24.5 Å². The van der Waals surface area contributed by atoms with E-state index in [0.717, 1.165) is 17.5 Å². The number of hydrogen-bond donors (Lipinski definition) is 1. The number of rotatable bonds is 6. The second-order valence-corrected chi connectivity index (χ2v) is 13.1. The van der Waals surface area contributed by atoms with E-state index >= 15 is 0 Å². The smallest absolute Gasteiger partial charge is 0.251 e. The summed E-state index contributed by atoms with van der Waals surface area (Å²) in [5.41, 5.74) is 2.09. The summed E-state index contributed by atoms with van der Waals surface area (Å²) in [6.45, 7) is 3.01. The minimum atomic E-state index is -3.52. The molecule has 2 aromatic carbocycles. The molecule has 1 N–H and O–H groups in total. The minimum Gasteiger partial charge on any atom is -0.348 e. The molecule has 3 atom stereocenters. The lowest BCUT2D eigenvalue weighted by atomic mass is 10.0. The number of nitrogens with zero attached hydrogens (tertiary/aromatic N) is 2. The molecule has 2 saturated heterocycles. The quantitative estimate of drug-likeness (QED) is 0.650. The highest BCUT2D eigenvalue weighted by atomic mass is 32.2. The lowest BCUT2D eigenvalue weighted by Gasteiger charge is -2.36. The zero-order valence-corrected chi connectivity index (χ0v) is 21.1. The van der Waals surface area contributed by atoms with E-state index in [1.807, 2.05) is 37.3 Å². The molecule has 10 heteroatoms. The van der Waals surface area contributed by atoms with Crippen LogP contribution in [0.1, 0.15) is 59.0 Å². The van der Waals surface area contributed by atoms with Gasteiger partial charge in [-0.1, -0.05) is 42.5 Å². The Bertz CT molecular complexity index is 1230. The molecular weight excluding hydrogens is 474 g/mol. The lowest BCUT2D eigenvalue weighted by Crippen LogP contribution is -2.41. The maximum atomic E-state index is 13.4. The van der Waals surface area contributed by atoms with Gasteiger partial charge >= 0.3 is 0 Å². The van der Waals surface area contributed by atoms with E-state index in [1.165, 1.54) is 10.6 Å². The van der Waals surface area contributed by atoms with Gasteiger partial charge in [-0.3, -0.25) is 4.79 Å². The summed E-state index contributed by atoms with van der Waals surface area (Å²) in [4.78, 5) is 12.7.